The van der Waals surface area contributed by atoms with Gasteiger partial charge in [-0.15, -0.1) is 10.2 Å². The molecule has 2 saturated heterocycles. The summed E-state index contributed by atoms with van der Waals surface area (Å²) >= 11 is 0. The monoisotopic (exact) mass is 493 g/mol. The molecule has 0 unspecified atom stereocenters. The number of aromatic nitrogens is 4. The summed E-state index contributed by atoms with van der Waals surface area (Å²) in [5.41, 5.74) is 3.34. The van der Waals surface area contributed by atoms with Crippen LogP contribution in [0, 0.1) is 5.82 Å². The molecule has 2 aromatic heterocycles. The van der Waals surface area contributed by atoms with Gasteiger partial charge in [0.05, 0.1) is 13.2 Å². The molecule has 9 nitrogen and oxygen atoms in total. The average Bonchev–Trinajstić information content (AvgIpc) is 3.64. The summed E-state index contributed by atoms with van der Waals surface area (Å²) in [5, 5.41) is 11.8. The van der Waals surface area contributed by atoms with Gasteiger partial charge in [-0.1, -0.05) is 0 Å². The van der Waals surface area contributed by atoms with E-state index < -0.39 is 0 Å². The van der Waals surface area contributed by atoms with Crippen molar-refractivity contribution >= 4 is 17.5 Å². The Bertz CT molecular complexity index is 1260. The summed E-state index contributed by atoms with van der Waals surface area (Å²) in [6.45, 7) is 5.04. The number of likely N-dealkylation sites (tertiary alicyclic amines) is 2. The summed E-state index contributed by atoms with van der Waals surface area (Å²) in [7, 11) is 0. The van der Waals surface area contributed by atoms with Crippen molar-refractivity contribution in [1.29, 1.82) is 0 Å². The number of amides is 1. The zero-order valence-electron chi connectivity index (χ0n) is 20.5. The third-order valence-electron chi connectivity index (χ3n) is 7.80. The molecule has 1 aromatic carbocycles. The number of nitrogens with zero attached hydrogens (tertiary/aromatic N) is 6. The number of benzene rings is 1. The fourth-order valence-corrected chi connectivity index (χ4v) is 5.82. The minimum Gasteiger partial charge on any atom is -0.493 e. The van der Waals surface area contributed by atoms with Crippen LogP contribution in [0.15, 0.2) is 24.7 Å². The normalized spacial score (nSPS) is 20.4. The lowest BCUT2D eigenvalue weighted by molar-refractivity contribution is -0.132. The van der Waals surface area contributed by atoms with E-state index in [1.54, 1.807) is 12.4 Å². The highest BCUT2D eigenvalue weighted by Crippen LogP contribution is 2.32. The Labute approximate surface area is 209 Å². The number of rotatable bonds is 6. The van der Waals surface area contributed by atoms with Crippen LogP contribution in [-0.2, 0) is 17.8 Å². The van der Waals surface area contributed by atoms with Crippen LogP contribution in [0.25, 0.3) is 5.65 Å². The number of hydrogen-bond acceptors (Lipinski definition) is 7. The van der Waals surface area contributed by atoms with Crippen molar-refractivity contribution in [3.63, 3.8) is 0 Å². The molecule has 0 bridgehead atoms. The molecule has 5 heterocycles. The average molecular weight is 494 g/mol. The molecule has 10 heteroatoms. The van der Waals surface area contributed by atoms with E-state index in [1.807, 2.05) is 15.5 Å². The third kappa shape index (κ3) is 4.50. The van der Waals surface area contributed by atoms with Crippen LogP contribution in [-0.4, -0.2) is 74.6 Å². The van der Waals surface area contributed by atoms with Crippen LogP contribution in [0.4, 0.5) is 10.3 Å². The van der Waals surface area contributed by atoms with E-state index in [0.717, 1.165) is 68.0 Å². The minimum atomic E-state index is -0.245. The van der Waals surface area contributed by atoms with Gasteiger partial charge in [-0.25, -0.2) is 9.37 Å². The van der Waals surface area contributed by atoms with E-state index in [0.29, 0.717) is 37.6 Å². The van der Waals surface area contributed by atoms with Crippen LogP contribution in [0.3, 0.4) is 0 Å². The SMILES string of the molecule is O=C(CN1CCCC1)N1CCC[C@H](c2cnc(NCc3c(F)ccc4c3CCO4)n3cnnc23)CC1. The number of carbonyl (C=O) groups excluding carboxylic acids is 1. The van der Waals surface area contributed by atoms with E-state index in [1.165, 1.54) is 18.9 Å². The van der Waals surface area contributed by atoms with E-state index in [2.05, 4.69) is 25.4 Å². The highest BCUT2D eigenvalue weighted by Gasteiger charge is 2.26. The quantitative estimate of drug-likeness (QED) is 0.565. The maximum atomic E-state index is 14.6. The van der Waals surface area contributed by atoms with Gasteiger partial charge >= 0.3 is 0 Å². The molecule has 2 fully saturated rings. The molecule has 3 aromatic rings. The van der Waals surface area contributed by atoms with Gasteiger partial charge in [0, 0.05) is 48.9 Å². The zero-order chi connectivity index (χ0) is 24.5. The van der Waals surface area contributed by atoms with Gasteiger partial charge in [-0.3, -0.25) is 14.1 Å². The molecular weight excluding hydrogens is 461 g/mol. The van der Waals surface area contributed by atoms with Crippen molar-refractivity contribution in [3.8, 4) is 5.75 Å². The van der Waals surface area contributed by atoms with Crippen LogP contribution in [0.5, 0.6) is 5.75 Å². The van der Waals surface area contributed by atoms with Crippen molar-refractivity contribution in [3.05, 3.63) is 47.2 Å². The summed E-state index contributed by atoms with van der Waals surface area (Å²) < 4.78 is 22.0. The van der Waals surface area contributed by atoms with Crippen molar-refractivity contribution in [2.75, 3.05) is 44.6 Å². The number of hydrogen-bond donors (Lipinski definition) is 1. The molecule has 190 valence electrons. The standard InChI is InChI=1S/C26H32FN7O2/c27-22-5-6-23-19(8-13-36-23)21(22)15-29-26-28-14-20(25-31-30-17-34(25)26)18-4-3-11-33(12-7-18)24(35)16-32-9-1-2-10-32/h5-6,14,17-18H,1-4,7-13,15-16H2,(H,28,29)/t18-/m0/s1. The molecule has 1 atom stereocenters. The van der Waals surface area contributed by atoms with Gasteiger partial charge in [0.25, 0.3) is 0 Å². The van der Waals surface area contributed by atoms with Gasteiger partial charge in [-0.2, -0.15) is 0 Å². The Morgan fingerprint density at radius 1 is 1.14 bits per heavy atom. The second kappa shape index (κ2) is 10.0. The minimum absolute atomic E-state index is 0.243. The molecule has 1 amide bonds. The van der Waals surface area contributed by atoms with Gasteiger partial charge < -0.3 is 15.0 Å². The van der Waals surface area contributed by atoms with Gasteiger partial charge in [-0.05, 0) is 63.2 Å². The fraction of sp³-hybridized carbons (Fsp3) is 0.538. The molecule has 1 N–H and O–H groups in total. The van der Waals surface area contributed by atoms with Crippen LogP contribution >= 0.6 is 0 Å². The lowest BCUT2D eigenvalue weighted by Crippen LogP contribution is -2.39. The number of halogens is 1. The zero-order valence-corrected chi connectivity index (χ0v) is 20.5. The topological polar surface area (TPSA) is 87.9 Å². The third-order valence-corrected chi connectivity index (χ3v) is 7.80. The fourth-order valence-electron chi connectivity index (χ4n) is 5.82. The Morgan fingerprint density at radius 2 is 2.03 bits per heavy atom. The first-order valence-corrected chi connectivity index (χ1v) is 13.0. The second-order valence-electron chi connectivity index (χ2n) is 10.0. The molecular formula is C26H32FN7O2. The second-order valence-corrected chi connectivity index (χ2v) is 10.0. The molecule has 0 aliphatic carbocycles. The smallest absolute Gasteiger partial charge is 0.236 e. The highest BCUT2D eigenvalue weighted by molar-refractivity contribution is 5.78. The predicted octanol–water partition coefficient (Wildman–Crippen LogP) is 3.00. The van der Waals surface area contributed by atoms with Gasteiger partial charge in [0.1, 0.15) is 17.9 Å². The first kappa shape index (κ1) is 23.1. The molecule has 36 heavy (non-hydrogen) atoms. The summed E-state index contributed by atoms with van der Waals surface area (Å²) in [4.78, 5) is 21.8. The lowest BCUT2D eigenvalue weighted by Gasteiger charge is -2.24. The maximum Gasteiger partial charge on any atom is 0.236 e. The highest BCUT2D eigenvalue weighted by atomic mass is 19.1. The first-order valence-electron chi connectivity index (χ1n) is 13.0. The Morgan fingerprint density at radius 3 is 2.92 bits per heavy atom. The molecule has 0 saturated carbocycles. The molecule has 6 rings (SSSR count). The van der Waals surface area contributed by atoms with Gasteiger partial charge in [0.15, 0.2) is 5.65 Å². The van der Waals surface area contributed by atoms with E-state index in [9.17, 15) is 9.18 Å². The van der Waals surface area contributed by atoms with Crippen LogP contribution in [0.2, 0.25) is 0 Å². The number of nitrogens with one attached hydrogen (secondary N) is 1. The summed E-state index contributed by atoms with van der Waals surface area (Å²) in [6.07, 6.45) is 9.42. The molecule has 3 aliphatic heterocycles. The number of carbonyl (C=O) groups is 1. The van der Waals surface area contributed by atoms with Crippen molar-refractivity contribution in [1.82, 2.24) is 29.4 Å². The molecule has 0 radical (unpaired) electrons. The van der Waals surface area contributed by atoms with E-state index >= 15 is 0 Å². The number of anilines is 1. The van der Waals surface area contributed by atoms with Crippen LogP contribution < -0.4 is 10.1 Å². The number of fused-ring (bicyclic) bond motifs is 2. The van der Waals surface area contributed by atoms with Crippen LogP contribution in [0.1, 0.15) is 54.7 Å². The Kier molecular flexibility index (Phi) is 6.43. The van der Waals surface area contributed by atoms with Crippen molar-refractivity contribution < 1.29 is 13.9 Å². The lowest BCUT2D eigenvalue weighted by atomic mass is 9.94. The number of ether oxygens (including phenoxy) is 1. The largest absolute Gasteiger partial charge is 0.493 e. The Balaban J connectivity index is 1.16. The van der Waals surface area contributed by atoms with Crippen molar-refractivity contribution in [2.24, 2.45) is 0 Å². The maximum absolute atomic E-state index is 14.6. The summed E-state index contributed by atoms with van der Waals surface area (Å²) in [5.74, 6) is 1.59. The Hall–Kier alpha value is -3.27. The first-order chi connectivity index (χ1) is 17.7. The van der Waals surface area contributed by atoms with E-state index in [4.69, 9.17) is 4.74 Å². The molecule has 0 spiro atoms. The van der Waals surface area contributed by atoms with E-state index in [-0.39, 0.29) is 17.6 Å². The summed E-state index contributed by atoms with van der Waals surface area (Å²) in [6, 6.07) is 3.15. The van der Waals surface area contributed by atoms with Gasteiger partial charge in [0.2, 0.25) is 11.9 Å². The molecule has 3 aliphatic rings. The predicted molar refractivity (Wildman–Crippen MR) is 133 cm³/mol. The van der Waals surface area contributed by atoms with Crippen molar-refractivity contribution in [2.45, 2.75) is 51.0 Å².